The van der Waals surface area contributed by atoms with Crippen LogP contribution < -0.4 is 14.4 Å². The Morgan fingerprint density at radius 1 is 0.692 bits per heavy atom. The van der Waals surface area contributed by atoms with E-state index in [1.165, 1.54) is 19.1 Å². The normalized spacial score (nSPS) is 10.5. The molecule has 2 heterocycles. The number of hydrogen-bond donors (Lipinski definition) is 0. The maximum Gasteiger partial charge on any atom is 0.324 e. The van der Waals surface area contributed by atoms with Gasteiger partial charge in [0.25, 0.3) is 0 Å². The number of rotatable bonds is 5. The first kappa shape index (κ1) is 18.3. The van der Waals surface area contributed by atoms with Crippen molar-refractivity contribution in [1.82, 2.24) is 29.9 Å². The van der Waals surface area contributed by atoms with Crippen molar-refractivity contribution < 1.29 is 9.47 Å². The summed E-state index contributed by atoms with van der Waals surface area (Å²) in [7, 11) is 2.84. The van der Waals surface area contributed by atoms with Crippen molar-refractivity contribution in [3.05, 3.63) is 39.9 Å². The molecule has 0 aliphatic carbocycles. The van der Waals surface area contributed by atoms with E-state index in [4.69, 9.17) is 44.3 Å². The summed E-state index contributed by atoms with van der Waals surface area (Å²) in [6, 6.07) is 6.88. The first-order valence-electron chi connectivity index (χ1n) is 6.97. The van der Waals surface area contributed by atoms with Crippen LogP contribution in [0.15, 0.2) is 24.3 Å². The number of methoxy groups -OCH3 is 2. The summed E-state index contributed by atoms with van der Waals surface area (Å²) in [6.45, 7) is 0. The lowest BCUT2D eigenvalue weighted by Crippen LogP contribution is -2.18. The molecule has 0 spiro atoms. The van der Waals surface area contributed by atoms with E-state index < -0.39 is 0 Å². The molecule has 12 heteroatoms. The van der Waals surface area contributed by atoms with Gasteiger partial charge in [0.05, 0.1) is 19.9 Å². The van der Waals surface area contributed by atoms with Crippen LogP contribution in [0.4, 0.5) is 17.6 Å². The van der Waals surface area contributed by atoms with E-state index in [0.717, 1.165) is 0 Å². The van der Waals surface area contributed by atoms with Crippen LogP contribution in [0.25, 0.3) is 0 Å². The van der Waals surface area contributed by atoms with Crippen LogP contribution in [0, 0.1) is 0 Å². The zero-order valence-electron chi connectivity index (χ0n) is 13.4. The molecule has 3 rings (SSSR count). The van der Waals surface area contributed by atoms with E-state index in [2.05, 4.69) is 29.9 Å². The molecule has 0 aliphatic rings. The van der Waals surface area contributed by atoms with E-state index in [1.54, 1.807) is 24.3 Å². The minimum atomic E-state index is -0.0908. The molecule has 1 aromatic carbocycles. The number of anilines is 3. The highest BCUT2D eigenvalue weighted by Crippen LogP contribution is 2.32. The van der Waals surface area contributed by atoms with Crippen molar-refractivity contribution in [2.75, 3.05) is 19.1 Å². The SMILES string of the molecule is COc1nc(OC)nc(N(c2ccc(Cl)cc2)c2nc(Cl)nc(Cl)n2)n1. The molecule has 0 unspecified atom stereocenters. The summed E-state index contributed by atoms with van der Waals surface area (Å²) >= 11 is 17.8. The van der Waals surface area contributed by atoms with Gasteiger partial charge >= 0.3 is 12.0 Å². The summed E-state index contributed by atoms with van der Waals surface area (Å²) in [5.41, 5.74) is 0.586. The summed E-state index contributed by atoms with van der Waals surface area (Å²) < 4.78 is 10.2. The third-order valence-electron chi connectivity index (χ3n) is 3.00. The molecule has 0 N–H and O–H groups in total. The zero-order chi connectivity index (χ0) is 18.7. The number of ether oxygens (including phenoxy) is 2. The standard InChI is InChI=1S/C14H10Cl3N7O2/c1-25-13-21-12(22-14(23-13)26-2)24(8-5-3-7(15)4-6-8)11-19-9(16)18-10(17)20-11/h3-6H,1-2H3. The average molecular weight is 415 g/mol. The smallest absolute Gasteiger partial charge is 0.324 e. The Morgan fingerprint density at radius 3 is 1.69 bits per heavy atom. The molecule has 0 atom stereocenters. The molecule has 26 heavy (non-hydrogen) atoms. The predicted octanol–water partition coefficient (Wildman–Crippen LogP) is 3.50. The van der Waals surface area contributed by atoms with E-state index in [1.807, 2.05) is 0 Å². The summed E-state index contributed by atoms with van der Waals surface area (Å²) in [5.74, 6) is 0.210. The van der Waals surface area contributed by atoms with Gasteiger partial charge in [-0.05, 0) is 47.5 Å². The monoisotopic (exact) mass is 413 g/mol. The fourth-order valence-electron chi connectivity index (χ4n) is 1.94. The van der Waals surface area contributed by atoms with Gasteiger partial charge in [-0.25, -0.2) is 4.90 Å². The molecule has 9 nitrogen and oxygen atoms in total. The first-order chi connectivity index (χ1) is 12.5. The van der Waals surface area contributed by atoms with Gasteiger partial charge < -0.3 is 9.47 Å². The number of aromatic nitrogens is 6. The van der Waals surface area contributed by atoms with E-state index in [9.17, 15) is 0 Å². The highest BCUT2D eigenvalue weighted by atomic mass is 35.5. The average Bonchev–Trinajstić information content (AvgIpc) is 2.62. The Hall–Kier alpha value is -2.49. The number of halogens is 3. The Morgan fingerprint density at radius 2 is 1.19 bits per heavy atom. The van der Waals surface area contributed by atoms with Crippen molar-refractivity contribution in [3.63, 3.8) is 0 Å². The zero-order valence-corrected chi connectivity index (χ0v) is 15.7. The lowest BCUT2D eigenvalue weighted by molar-refractivity contribution is 0.340. The van der Waals surface area contributed by atoms with Gasteiger partial charge in [0.2, 0.25) is 22.5 Å². The molecule has 0 saturated heterocycles. The quantitative estimate of drug-likeness (QED) is 0.621. The highest BCUT2D eigenvalue weighted by Gasteiger charge is 2.22. The number of benzene rings is 1. The second-order valence-corrected chi connectivity index (χ2v) is 5.71. The Kier molecular flexibility index (Phi) is 5.50. The van der Waals surface area contributed by atoms with Crippen LogP contribution in [-0.2, 0) is 0 Å². The van der Waals surface area contributed by atoms with E-state index in [-0.39, 0.29) is 34.5 Å². The lowest BCUT2D eigenvalue weighted by atomic mass is 10.3. The summed E-state index contributed by atoms with van der Waals surface area (Å²) in [4.78, 5) is 25.8. The molecule has 3 aromatic rings. The second kappa shape index (κ2) is 7.81. The summed E-state index contributed by atoms with van der Waals surface area (Å²) in [5, 5.41) is 0.366. The van der Waals surface area contributed by atoms with Gasteiger partial charge in [0.1, 0.15) is 0 Å². The minimum absolute atomic E-state index is 0.0389. The first-order valence-corrected chi connectivity index (χ1v) is 8.10. The van der Waals surface area contributed by atoms with Crippen molar-refractivity contribution in [2.24, 2.45) is 0 Å². The van der Waals surface area contributed by atoms with E-state index >= 15 is 0 Å². The van der Waals surface area contributed by atoms with Crippen molar-refractivity contribution in [3.8, 4) is 12.0 Å². The third kappa shape index (κ3) is 4.01. The minimum Gasteiger partial charge on any atom is -0.467 e. The fourth-order valence-corrected chi connectivity index (χ4v) is 2.42. The van der Waals surface area contributed by atoms with Crippen LogP contribution in [0.1, 0.15) is 0 Å². The van der Waals surface area contributed by atoms with Gasteiger partial charge in [0, 0.05) is 5.02 Å². The van der Waals surface area contributed by atoms with Gasteiger partial charge in [0.15, 0.2) is 0 Å². The summed E-state index contributed by atoms with van der Waals surface area (Å²) in [6.07, 6.45) is 0. The molecule has 0 radical (unpaired) electrons. The molecule has 0 bridgehead atoms. The van der Waals surface area contributed by atoms with Gasteiger partial charge in [-0.2, -0.15) is 24.9 Å². The Bertz CT molecular complexity index is 884. The van der Waals surface area contributed by atoms with Gasteiger partial charge in [-0.3, -0.25) is 0 Å². The second-order valence-electron chi connectivity index (χ2n) is 4.59. The highest BCUT2D eigenvalue weighted by molar-refractivity contribution is 6.31. The Labute approximate surface area is 162 Å². The Balaban J connectivity index is 2.22. The predicted molar refractivity (Wildman–Crippen MR) is 96.0 cm³/mol. The van der Waals surface area contributed by atoms with E-state index in [0.29, 0.717) is 10.7 Å². The topological polar surface area (TPSA) is 99.0 Å². The van der Waals surface area contributed by atoms with Gasteiger partial charge in [-0.1, -0.05) is 11.6 Å². The van der Waals surface area contributed by atoms with Crippen LogP contribution >= 0.6 is 34.8 Å². The molecule has 2 aromatic heterocycles. The maximum atomic E-state index is 5.97. The van der Waals surface area contributed by atoms with Crippen LogP contribution in [0.3, 0.4) is 0 Å². The van der Waals surface area contributed by atoms with Crippen molar-refractivity contribution in [2.45, 2.75) is 0 Å². The van der Waals surface area contributed by atoms with Crippen molar-refractivity contribution in [1.29, 1.82) is 0 Å². The van der Waals surface area contributed by atoms with Crippen molar-refractivity contribution >= 4 is 52.4 Å². The number of hydrogen-bond acceptors (Lipinski definition) is 9. The lowest BCUT2D eigenvalue weighted by Gasteiger charge is -2.21. The number of nitrogens with zero attached hydrogens (tertiary/aromatic N) is 7. The third-order valence-corrected chi connectivity index (χ3v) is 3.59. The fraction of sp³-hybridized carbons (Fsp3) is 0.143. The van der Waals surface area contributed by atoms with Crippen LogP contribution in [0.2, 0.25) is 15.6 Å². The molecule has 0 fully saturated rings. The molecule has 0 aliphatic heterocycles. The molecule has 134 valence electrons. The van der Waals surface area contributed by atoms with Crippen LogP contribution in [-0.4, -0.2) is 44.1 Å². The molecule has 0 amide bonds. The van der Waals surface area contributed by atoms with Crippen LogP contribution in [0.5, 0.6) is 12.0 Å². The molecular formula is C14H10Cl3N7O2. The van der Waals surface area contributed by atoms with Gasteiger partial charge in [-0.15, -0.1) is 4.98 Å². The maximum absolute atomic E-state index is 5.97. The largest absolute Gasteiger partial charge is 0.467 e. The molecular weight excluding hydrogens is 405 g/mol. The molecule has 0 saturated carbocycles.